The molecule has 24 heavy (non-hydrogen) atoms. The summed E-state index contributed by atoms with van der Waals surface area (Å²) in [6, 6.07) is 7.94. The van der Waals surface area contributed by atoms with E-state index in [1.54, 1.807) is 11.4 Å². The van der Waals surface area contributed by atoms with Gasteiger partial charge in [0.2, 0.25) is 5.91 Å². The van der Waals surface area contributed by atoms with E-state index >= 15 is 0 Å². The number of carbonyl (C=O) groups is 1. The number of aryl methyl sites for hydroxylation is 2. The molecule has 0 fully saturated rings. The fourth-order valence-electron chi connectivity index (χ4n) is 2.17. The first-order chi connectivity index (χ1) is 11.2. The largest absolute Gasteiger partial charge is 0.325 e. The van der Waals surface area contributed by atoms with Crippen molar-refractivity contribution in [2.45, 2.75) is 37.9 Å². The lowest BCUT2D eigenvalue weighted by Crippen LogP contribution is -2.46. The zero-order chi connectivity index (χ0) is 17.9. The van der Waals surface area contributed by atoms with E-state index in [0.29, 0.717) is 5.69 Å². The van der Waals surface area contributed by atoms with E-state index in [1.807, 2.05) is 45.9 Å². The van der Waals surface area contributed by atoms with Crippen LogP contribution in [0.15, 0.2) is 39.9 Å². The predicted molar refractivity (Wildman–Crippen MR) is 97.8 cm³/mol. The van der Waals surface area contributed by atoms with E-state index in [0.717, 1.165) is 22.5 Å². The molecule has 0 aliphatic heterocycles. The summed E-state index contributed by atoms with van der Waals surface area (Å²) in [5, 5.41) is 4.49. The van der Waals surface area contributed by atoms with Crippen LogP contribution in [0.3, 0.4) is 0 Å². The third-order valence-corrected chi connectivity index (χ3v) is 6.60. The molecule has 1 aromatic heterocycles. The Morgan fingerprint density at radius 1 is 1.12 bits per heavy atom. The van der Waals surface area contributed by atoms with Gasteiger partial charge in [-0.15, -0.1) is 11.3 Å². The second-order valence-corrected chi connectivity index (χ2v) is 8.95. The summed E-state index contributed by atoms with van der Waals surface area (Å²) in [6.07, 6.45) is 0. The van der Waals surface area contributed by atoms with Gasteiger partial charge in [-0.2, -0.15) is 4.72 Å². The molecule has 130 valence electrons. The normalized spacial score (nSPS) is 13.0. The molecule has 2 aromatic rings. The Hall–Kier alpha value is -1.70. The van der Waals surface area contributed by atoms with Crippen molar-refractivity contribution in [1.29, 1.82) is 0 Å². The highest BCUT2D eigenvalue weighted by Gasteiger charge is 2.29. The van der Waals surface area contributed by atoms with Crippen molar-refractivity contribution in [3.05, 3.63) is 46.8 Å². The number of hydrogen-bond donors (Lipinski definition) is 2. The van der Waals surface area contributed by atoms with Crippen LogP contribution in [0.2, 0.25) is 0 Å². The van der Waals surface area contributed by atoms with Gasteiger partial charge in [0.25, 0.3) is 10.0 Å². The number of carbonyl (C=O) groups excluding carboxylic acids is 1. The lowest BCUT2D eigenvalue weighted by molar-refractivity contribution is -0.118. The molecular formula is C17H22N2O3S2. The molecule has 1 atom stereocenters. The first-order valence-corrected chi connectivity index (χ1v) is 10.0. The van der Waals surface area contributed by atoms with E-state index < -0.39 is 16.1 Å². The van der Waals surface area contributed by atoms with E-state index in [9.17, 15) is 13.2 Å². The minimum absolute atomic E-state index is 0.189. The molecule has 0 saturated carbocycles. The standard InChI is InChI=1S/C17H22N2O3S2/c1-11(2)16(19-24(21,22)15-6-5-9-23-15)17(20)18-14-8-7-12(3)13(4)10-14/h5-11,16,19H,1-4H3,(H,18,20). The van der Waals surface area contributed by atoms with Gasteiger partial charge in [-0.1, -0.05) is 26.0 Å². The average molecular weight is 367 g/mol. The molecule has 0 bridgehead atoms. The molecule has 1 heterocycles. The van der Waals surface area contributed by atoms with Gasteiger partial charge >= 0.3 is 0 Å². The first kappa shape index (κ1) is 18.6. The molecule has 0 aliphatic carbocycles. The maximum absolute atomic E-state index is 12.6. The second-order valence-electron chi connectivity index (χ2n) is 6.06. The number of thiophene rings is 1. The fourth-order valence-corrected chi connectivity index (χ4v) is 4.53. The van der Waals surface area contributed by atoms with Gasteiger partial charge in [0.05, 0.1) is 0 Å². The number of sulfonamides is 1. The molecular weight excluding hydrogens is 344 g/mol. The van der Waals surface area contributed by atoms with Crippen molar-refractivity contribution >= 4 is 33.0 Å². The van der Waals surface area contributed by atoms with Crippen LogP contribution in [0.25, 0.3) is 0 Å². The van der Waals surface area contributed by atoms with E-state index in [-0.39, 0.29) is 16.0 Å². The lowest BCUT2D eigenvalue weighted by atomic mass is 10.0. The first-order valence-electron chi connectivity index (χ1n) is 7.64. The molecule has 2 N–H and O–H groups in total. The molecule has 0 aliphatic rings. The Morgan fingerprint density at radius 2 is 1.83 bits per heavy atom. The summed E-state index contributed by atoms with van der Waals surface area (Å²) >= 11 is 1.12. The van der Waals surface area contributed by atoms with Crippen LogP contribution >= 0.6 is 11.3 Å². The van der Waals surface area contributed by atoms with Crippen molar-refractivity contribution in [3.8, 4) is 0 Å². The van der Waals surface area contributed by atoms with Crippen molar-refractivity contribution in [2.75, 3.05) is 5.32 Å². The maximum atomic E-state index is 12.6. The highest BCUT2D eigenvalue weighted by molar-refractivity contribution is 7.91. The number of hydrogen-bond acceptors (Lipinski definition) is 4. The third kappa shape index (κ3) is 4.43. The van der Waals surface area contributed by atoms with E-state index in [4.69, 9.17) is 0 Å². The quantitative estimate of drug-likeness (QED) is 0.823. The summed E-state index contributed by atoms with van der Waals surface area (Å²) in [6.45, 7) is 7.57. The van der Waals surface area contributed by atoms with Crippen LogP contribution in [0.4, 0.5) is 5.69 Å². The number of benzene rings is 1. The Kier molecular flexibility index (Phi) is 5.79. The van der Waals surface area contributed by atoms with Gasteiger partial charge in [0.15, 0.2) is 0 Å². The zero-order valence-corrected chi connectivity index (χ0v) is 15.8. The topological polar surface area (TPSA) is 75.3 Å². The minimum Gasteiger partial charge on any atom is -0.325 e. The van der Waals surface area contributed by atoms with Gasteiger partial charge in [0.1, 0.15) is 10.3 Å². The summed E-state index contributed by atoms with van der Waals surface area (Å²) in [5.74, 6) is -0.556. The molecule has 1 amide bonds. The number of anilines is 1. The number of nitrogens with one attached hydrogen (secondary N) is 2. The minimum atomic E-state index is -3.71. The summed E-state index contributed by atoms with van der Waals surface area (Å²) in [5.41, 5.74) is 2.85. The van der Waals surface area contributed by atoms with E-state index in [2.05, 4.69) is 10.0 Å². The molecule has 7 heteroatoms. The van der Waals surface area contributed by atoms with Crippen LogP contribution in [-0.4, -0.2) is 20.4 Å². The van der Waals surface area contributed by atoms with Crippen molar-refractivity contribution in [2.24, 2.45) is 5.92 Å². The lowest BCUT2D eigenvalue weighted by Gasteiger charge is -2.21. The highest BCUT2D eigenvalue weighted by atomic mass is 32.2. The van der Waals surface area contributed by atoms with Crippen LogP contribution in [0, 0.1) is 19.8 Å². The van der Waals surface area contributed by atoms with Crippen LogP contribution in [0.5, 0.6) is 0 Å². The van der Waals surface area contributed by atoms with Gasteiger partial charge < -0.3 is 5.32 Å². The number of amides is 1. The molecule has 2 rings (SSSR count). The molecule has 0 radical (unpaired) electrons. The summed E-state index contributed by atoms with van der Waals surface area (Å²) in [7, 11) is -3.71. The Morgan fingerprint density at radius 3 is 2.38 bits per heavy atom. The Balaban J connectivity index is 2.18. The highest BCUT2D eigenvalue weighted by Crippen LogP contribution is 2.19. The molecule has 0 saturated heterocycles. The van der Waals surface area contributed by atoms with Crippen LogP contribution < -0.4 is 10.0 Å². The third-order valence-electron chi connectivity index (χ3n) is 3.77. The predicted octanol–water partition coefficient (Wildman–Crippen LogP) is 3.31. The Bertz CT molecular complexity index is 812. The van der Waals surface area contributed by atoms with Gasteiger partial charge in [-0.3, -0.25) is 4.79 Å². The smallest absolute Gasteiger partial charge is 0.250 e. The van der Waals surface area contributed by atoms with Gasteiger partial charge in [-0.25, -0.2) is 8.42 Å². The van der Waals surface area contributed by atoms with Gasteiger partial charge in [-0.05, 0) is 54.5 Å². The fraction of sp³-hybridized carbons (Fsp3) is 0.353. The van der Waals surface area contributed by atoms with Crippen molar-refractivity contribution in [1.82, 2.24) is 4.72 Å². The van der Waals surface area contributed by atoms with Crippen LogP contribution in [-0.2, 0) is 14.8 Å². The average Bonchev–Trinajstić information content (AvgIpc) is 3.03. The van der Waals surface area contributed by atoms with Crippen LogP contribution in [0.1, 0.15) is 25.0 Å². The second kappa shape index (κ2) is 7.46. The van der Waals surface area contributed by atoms with Crippen molar-refractivity contribution in [3.63, 3.8) is 0 Å². The van der Waals surface area contributed by atoms with Crippen molar-refractivity contribution < 1.29 is 13.2 Å². The zero-order valence-electron chi connectivity index (χ0n) is 14.2. The maximum Gasteiger partial charge on any atom is 0.250 e. The van der Waals surface area contributed by atoms with E-state index in [1.165, 1.54) is 6.07 Å². The number of rotatable bonds is 6. The summed E-state index contributed by atoms with van der Waals surface area (Å²) < 4.78 is 27.5. The SMILES string of the molecule is Cc1ccc(NC(=O)C(NS(=O)(=O)c2cccs2)C(C)C)cc1C. The molecule has 1 unspecified atom stereocenters. The Labute approximate surface area is 147 Å². The summed E-state index contributed by atoms with van der Waals surface area (Å²) in [4.78, 5) is 12.6. The molecule has 1 aromatic carbocycles. The molecule has 5 nitrogen and oxygen atoms in total. The van der Waals surface area contributed by atoms with Gasteiger partial charge in [0, 0.05) is 5.69 Å². The molecule has 0 spiro atoms. The monoisotopic (exact) mass is 366 g/mol.